The number of hydrogen-bond donors (Lipinski definition) is 2. The van der Waals surface area contributed by atoms with Gasteiger partial charge in [-0.25, -0.2) is 4.79 Å². The fourth-order valence-electron chi connectivity index (χ4n) is 3.14. The van der Waals surface area contributed by atoms with Gasteiger partial charge in [-0.05, 0) is 51.8 Å². The number of carbonyl (C=O) groups is 1. The first-order valence-corrected chi connectivity index (χ1v) is 9.79. The number of ether oxygens (including phenoxy) is 2. The second-order valence-corrected chi connectivity index (χ2v) is 8.06. The van der Waals surface area contributed by atoms with E-state index < -0.39 is 24.4 Å². The second kappa shape index (κ2) is 8.72. The Labute approximate surface area is 167 Å². The average molecular weight is 393 g/mol. The molecule has 0 saturated carbocycles. The smallest absolute Gasteiger partial charge is 0.491 e. The number of carbonyl (C=O) groups excluding carboxylic acids is 1. The molecule has 0 spiro atoms. The maximum absolute atomic E-state index is 12.0. The molecule has 2 heterocycles. The highest BCUT2D eigenvalue weighted by atomic mass is 16.6. The summed E-state index contributed by atoms with van der Waals surface area (Å²) in [5.74, 6) is 0.688. The number of rotatable bonds is 3. The van der Waals surface area contributed by atoms with Crippen molar-refractivity contribution in [2.24, 2.45) is 0 Å². The largest absolute Gasteiger partial charge is 0.499 e. The summed E-state index contributed by atoms with van der Waals surface area (Å²) in [6.45, 7) is 13.5. The van der Waals surface area contributed by atoms with Crippen molar-refractivity contribution in [1.29, 1.82) is 0 Å². The van der Waals surface area contributed by atoms with Crippen LogP contribution in [0, 0.1) is 6.92 Å². The van der Waals surface area contributed by atoms with Crippen LogP contribution >= 0.6 is 0 Å². The van der Waals surface area contributed by atoms with Crippen molar-refractivity contribution in [2.45, 2.75) is 65.8 Å². The van der Waals surface area contributed by atoms with Crippen LogP contribution in [0.2, 0.25) is 0 Å². The maximum Gasteiger partial charge on any atom is 0.499 e. The molecule has 1 amide bonds. The van der Waals surface area contributed by atoms with Gasteiger partial charge in [-0.1, -0.05) is 19.9 Å². The van der Waals surface area contributed by atoms with Crippen molar-refractivity contribution in [3.8, 4) is 5.75 Å². The first-order valence-electron chi connectivity index (χ1n) is 9.79. The molecule has 0 bridgehead atoms. The molecule has 8 heteroatoms. The molecular formula is C20H32BNO6. The zero-order chi connectivity index (χ0) is 21.1. The van der Waals surface area contributed by atoms with Crippen LogP contribution in [0.5, 0.6) is 5.75 Å². The van der Waals surface area contributed by atoms with E-state index in [1.54, 1.807) is 6.92 Å². The first-order chi connectivity index (χ1) is 13.1. The molecule has 0 radical (unpaired) electrons. The number of hydrogen-bond acceptors (Lipinski definition) is 6. The molecule has 156 valence electrons. The van der Waals surface area contributed by atoms with Gasteiger partial charge in [-0.2, -0.15) is 0 Å². The number of alkyl carbamates (subject to hydrolysis) is 1. The van der Waals surface area contributed by atoms with Crippen LogP contribution in [0.15, 0.2) is 12.1 Å². The van der Waals surface area contributed by atoms with Crippen LogP contribution < -0.4 is 15.5 Å². The Morgan fingerprint density at radius 1 is 1.39 bits per heavy atom. The van der Waals surface area contributed by atoms with Crippen LogP contribution in [0.3, 0.4) is 0 Å². The minimum atomic E-state index is -0.859. The summed E-state index contributed by atoms with van der Waals surface area (Å²) in [5.41, 5.74) is 1.39. The maximum atomic E-state index is 12.0. The van der Waals surface area contributed by atoms with E-state index in [2.05, 4.69) is 5.32 Å². The van der Waals surface area contributed by atoms with E-state index in [-0.39, 0.29) is 25.9 Å². The predicted octanol–water partition coefficient (Wildman–Crippen LogP) is 2.47. The molecule has 0 aromatic heterocycles. The van der Waals surface area contributed by atoms with Gasteiger partial charge in [0.15, 0.2) is 0 Å². The van der Waals surface area contributed by atoms with Gasteiger partial charge in [0.25, 0.3) is 0 Å². The third-order valence-electron chi connectivity index (χ3n) is 4.40. The zero-order valence-electron chi connectivity index (χ0n) is 17.9. The third kappa shape index (κ3) is 4.98. The Kier molecular flexibility index (Phi) is 7.01. The van der Waals surface area contributed by atoms with Crippen LogP contribution in [-0.2, 0) is 14.0 Å². The van der Waals surface area contributed by atoms with E-state index >= 15 is 0 Å². The molecule has 2 atom stereocenters. The summed E-state index contributed by atoms with van der Waals surface area (Å²) in [5, 5.41) is 12.4. The molecule has 7 nitrogen and oxygen atoms in total. The summed E-state index contributed by atoms with van der Waals surface area (Å²) in [6.07, 6.45) is -0.878. The molecule has 1 aromatic rings. The lowest BCUT2D eigenvalue weighted by molar-refractivity contribution is -0.0271. The lowest BCUT2D eigenvalue weighted by atomic mass is 9.76. The quantitative estimate of drug-likeness (QED) is 0.768. The third-order valence-corrected chi connectivity index (χ3v) is 4.40. The first kappa shape index (κ1) is 22.5. The number of aryl methyl sites for hydroxylation is 1. The fraction of sp³-hybridized carbons (Fsp3) is 0.650. The van der Waals surface area contributed by atoms with Gasteiger partial charge in [-0.3, -0.25) is 0 Å². The molecule has 2 aliphatic heterocycles. The highest BCUT2D eigenvalue weighted by Gasteiger charge is 2.47. The van der Waals surface area contributed by atoms with Gasteiger partial charge in [0.2, 0.25) is 0 Å². The second-order valence-electron chi connectivity index (χ2n) is 8.06. The van der Waals surface area contributed by atoms with Crippen molar-refractivity contribution in [1.82, 2.24) is 5.32 Å². The highest BCUT2D eigenvalue weighted by molar-refractivity contribution is 6.64. The average Bonchev–Trinajstić information content (AvgIpc) is 2.91. The van der Waals surface area contributed by atoms with Gasteiger partial charge < -0.3 is 29.2 Å². The summed E-state index contributed by atoms with van der Waals surface area (Å²) >= 11 is 0. The predicted molar refractivity (Wildman–Crippen MR) is 108 cm³/mol. The lowest BCUT2D eigenvalue weighted by Crippen LogP contribution is -2.45. The van der Waals surface area contributed by atoms with Gasteiger partial charge in [0, 0.05) is 12.0 Å². The fourth-order valence-corrected chi connectivity index (χ4v) is 3.14. The summed E-state index contributed by atoms with van der Waals surface area (Å²) in [6, 6.07) is 3.85. The van der Waals surface area contributed by atoms with E-state index in [9.17, 15) is 9.90 Å². The van der Waals surface area contributed by atoms with E-state index in [1.165, 1.54) is 0 Å². The molecule has 2 aliphatic rings. The SMILES string of the molecule is CC.Cc1ccc2c3c1C(CNC(=O)OC(C)(C)C)OB3OC(C)(CO)CO2. The number of benzene rings is 1. The Morgan fingerprint density at radius 2 is 2.07 bits per heavy atom. The molecule has 0 aliphatic carbocycles. The molecule has 2 N–H and O–H groups in total. The van der Waals surface area contributed by atoms with Crippen molar-refractivity contribution in [2.75, 3.05) is 19.8 Å². The summed E-state index contributed by atoms with van der Waals surface area (Å²) in [7, 11) is -0.648. The van der Waals surface area contributed by atoms with Gasteiger partial charge >= 0.3 is 13.2 Å². The molecular weight excluding hydrogens is 361 g/mol. The monoisotopic (exact) mass is 393 g/mol. The standard InChI is InChI=1S/C18H26BNO6.C2H6/c1-11-6-7-12-15-14(11)13(8-20-16(22)24-17(2,3)4)25-19(15)26-18(5,9-21)10-23-12;1-2/h6-7,13,21H,8-10H2,1-5H3,(H,20,22);1-2H3. The van der Waals surface area contributed by atoms with Crippen molar-refractivity contribution in [3.05, 3.63) is 23.3 Å². The van der Waals surface area contributed by atoms with Crippen LogP contribution in [0.25, 0.3) is 0 Å². The lowest BCUT2D eigenvalue weighted by Gasteiger charge is -2.27. The van der Waals surface area contributed by atoms with Gasteiger partial charge in [-0.15, -0.1) is 0 Å². The number of amides is 1. The highest BCUT2D eigenvalue weighted by Crippen LogP contribution is 2.35. The normalized spacial score (nSPS) is 23.0. The van der Waals surface area contributed by atoms with Crippen molar-refractivity contribution >= 4 is 18.7 Å². The molecule has 3 rings (SSSR count). The van der Waals surface area contributed by atoms with Gasteiger partial charge in [0.05, 0.1) is 12.7 Å². The van der Waals surface area contributed by atoms with E-state index in [0.717, 1.165) is 16.6 Å². The van der Waals surface area contributed by atoms with Crippen LogP contribution in [0.1, 0.15) is 58.8 Å². The number of aliphatic hydroxyl groups is 1. The van der Waals surface area contributed by atoms with E-state index in [4.69, 9.17) is 18.8 Å². The van der Waals surface area contributed by atoms with Crippen molar-refractivity contribution < 1.29 is 28.7 Å². The van der Waals surface area contributed by atoms with E-state index in [1.807, 2.05) is 53.7 Å². The molecule has 1 aromatic carbocycles. The molecule has 0 saturated heterocycles. The number of aliphatic hydroxyl groups excluding tert-OH is 1. The van der Waals surface area contributed by atoms with Gasteiger partial charge in [0.1, 0.15) is 23.6 Å². The zero-order valence-corrected chi connectivity index (χ0v) is 17.9. The topological polar surface area (TPSA) is 86.3 Å². The van der Waals surface area contributed by atoms with Crippen molar-refractivity contribution in [3.63, 3.8) is 0 Å². The van der Waals surface area contributed by atoms with E-state index in [0.29, 0.717) is 5.75 Å². The van der Waals surface area contributed by atoms with Crippen LogP contribution in [0.4, 0.5) is 4.79 Å². The Balaban J connectivity index is 0.00000136. The Hall–Kier alpha value is -1.77. The summed E-state index contributed by atoms with van der Waals surface area (Å²) in [4.78, 5) is 12.0. The summed E-state index contributed by atoms with van der Waals surface area (Å²) < 4.78 is 23.2. The minimum absolute atomic E-state index is 0.185. The minimum Gasteiger partial charge on any atom is -0.491 e. The molecule has 2 unspecified atom stereocenters. The Bertz CT molecular complexity index is 705. The molecule has 0 fully saturated rings. The van der Waals surface area contributed by atoms with Crippen LogP contribution in [-0.4, -0.2) is 49.3 Å². The Morgan fingerprint density at radius 3 is 2.68 bits per heavy atom. The number of nitrogens with one attached hydrogen (secondary N) is 1. The molecule has 28 heavy (non-hydrogen) atoms.